The van der Waals surface area contributed by atoms with Crippen LogP contribution in [-0.4, -0.2) is 20.3 Å². The maximum Gasteiger partial charge on any atom is 0.123 e. The molecule has 0 aliphatic carbocycles. The van der Waals surface area contributed by atoms with Crippen LogP contribution in [0.3, 0.4) is 0 Å². The molecule has 1 heterocycles. The van der Waals surface area contributed by atoms with E-state index in [1.807, 2.05) is 30.3 Å². The molecule has 4 heteroatoms. The lowest BCUT2D eigenvalue weighted by Crippen LogP contribution is -2.31. The van der Waals surface area contributed by atoms with Crippen molar-refractivity contribution in [1.82, 2.24) is 0 Å². The van der Waals surface area contributed by atoms with E-state index in [9.17, 15) is 5.26 Å². The zero-order chi connectivity index (χ0) is 17.1. The van der Waals surface area contributed by atoms with E-state index in [2.05, 4.69) is 30.9 Å². The molecule has 1 aliphatic heterocycles. The number of nitrogens with zero attached hydrogens (tertiary/aromatic N) is 2. The van der Waals surface area contributed by atoms with Crippen molar-refractivity contribution in [2.24, 2.45) is 0 Å². The van der Waals surface area contributed by atoms with E-state index in [1.165, 1.54) is 0 Å². The Morgan fingerprint density at radius 3 is 2.88 bits per heavy atom. The van der Waals surface area contributed by atoms with Crippen molar-refractivity contribution in [2.45, 2.75) is 26.5 Å². The third kappa shape index (κ3) is 3.08. The van der Waals surface area contributed by atoms with Gasteiger partial charge in [0.05, 0.1) is 31.5 Å². The molecule has 0 saturated heterocycles. The molecule has 0 fully saturated rings. The van der Waals surface area contributed by atoms with Gasteiger partial charge in [0.25, 0.3) is 0 Å². The first-order valence-electron chi connectivity index (χ1n) is 8.17. The van der Waals surface area contributed by atoms with Crippen LogP contribution >= 0.6 is 0 Å². The number of hydrogen-bond donors (Lipinski definition) is 0. The molecule has 24 heavy (non-hydrogen) atoms. The van der Waals surface area contributed by atoms with Crippen LogP contribution in [0.15, 0.2) is 36.4 Å². The quantitative estimate of drug-likeness (QED) is 0.839. The van der Waals surface area contributed by atoms with Crippen LogP contribution in [0.25, 0.3) is 0 Å². The molecule has 0 saturated carbocycles. The van der Waals surface area contributed by atoms with Crippen molar-refractivity contribution in [3.8, 4) is 11.8 Å². The molecule has 0 spiro atoms. The molecule has 0 N–H and O–H groups in total. The molecule has 0 aromatic heterocycles. The number of methoxy groups -OCH3 is 1. The van der Waals surface area contributed by atoms with Gasteiger partial charge in [-0.05, 0) is 49.2 Å². The average molecular weight is 322 g/mol. The van der Waals surface area contributed by atoms with Gasteiger partial charge in [-0.2, -0.15) is 5.26 Å². The number of nitriles is 1. The van der Waals surface area contributed by atoms with Gasteiger partial charge in [0.1, 0.15) is 5.75 Å². The number of benzene rings is 2. The van der Waals surface area contributed by atoms with Gasteiger partial charge < -0.3 is 14.4 Å². The molecule has 1 unspecified atom stereocenters. The normalized spacial score (nSPS) is 17.4. The summed E-state index contributed by atoms with van der Waals surface area (Å²) in [6.45, 7) is 6.36. The summed E-state index contributed by atoms with van der Waals surface area (Å²) in [5, 5.41) is 9.21. The molecule has 0 bridgehead atoms. The van der Waals surface area contributed by atoms with Crippen molar-refractivity contribution < 1.29 is 9.47 Å². The highest BCUT2D eigenvalue weighted by Gasteiger charge is 2.20. The third-order valence-electron chi connectivity index (χ3n) is 4.62. The van der Waals surface area contributed by atoms with Crippen LogP contribution in [0.5, 0.6) is 5.75 Å². The Balaban J connectivity index is 2.02. The maximum atomic E-state index is 9.21. The summed E-state index contributed by atoms with van der Waals surface area (Å²) in [6, 6.07) is 14.2. The topological polar surface area (TPSA) is 45.5 Å². The van der Waals surface area contributed by atoms with Gasteiger partial charge >= 0.3 is 0 Å². The van der Waals surface area contributed by atoms with Crippen LogP contribution in [-0.2, 0) is 11.3 Å². The minimum Gasteiger partial charge on any atom is -0.496 e. The SMILES string of the molecule is COc1cccc(N2CCOC(C)c3ccc(C#N)cc3C2)c1C. The van der Waals surface area contributed by atoms with Crippen molar-refractivity contribution >= 4 is 5.69 Å². The first-order valence-corrected chi connectivity index (χ1v) is 8.17. The van der Waals surface area contributed by atoms with Gasteiger partial charge in [0.15, 0.2) is 0 Å². The van der Waals surface area contributed by atoms with E-state index < -0.39 is 0 Å². The van der Waals surface area contributed by atoms with Crippen LogP contribution in [0, 0.1) is 18.3 Å². The lowest BCUT2D eigenvalue weighted by molar-refractivity contribution is 0.0672. The number of anilines is 1. The minimum atomic E-state index is 0.0429. The predicted molar refractivity (Wildman–Crippen MR) is 94.3 cm³/mol. The van der Waals surface area contributed by atoms with E-state index in [4.69, 9.17) is 9.47 Å². The van der Waals surface area contributed by atoms with Crippen LogP contribution in [0.4, 0.5) is 5.69 Å². The predicted octanol–water partition coefficient (Wildman–Crippen LogP) is 3.97. The summed E-state index contributed by atoms with van der Waals surface area (Å²) in [7, 11) is 1.69. The van der Waals surface area contributed by atoms with Gasteiger partial charge in [-0.25, -0.2) is 0 Å². The fourth-order valence-electron chi connectivity index (χ4n) is 3.30. The van der Waals surface area contributed by atoms with Crippen LogP contribution in [0.2, 0.25) is 0 Å². The second kappa shape index (κ2) is 6.94. The molecule has 4 nitrogen and oxygen atoms in total. The Morgan fingerprint density at radius 2 is 2.12 bits per heavy atom. The van der Waals surface area contributed by atoms with E-state index in [0.717, 1.165) is 41.2 Å². The minimum absolute atomic E-state index is 0.0429. The molecular weight excluding hydrogens is 300 g/mol. The highest BCUT2D eigenvalue weighted by molar-refractivity contribution is 5.59. The van der Waals surface area contributed by atoms with Gasteiger partial charge in [-0.15, -0.1) is 0 Å². The second-order valence-electron chi connectivity index (χ2n) is 6.06. The third-order valence-corrected chi connectivity index (χ3v) is 4.62. The van der Waals surface area contributed by atoms with E-state index in [-0.39, 0.29) is 6.10 Å². The summed E-state index contributed by atoms with van der Waals surface area (Å²) in [5.41, 5.74) is 5.24. The Kier molecular flexibility index (Phi) is 4.73. The monoisotopic (exact) mass is 322 g/mol. The van der Waals surface area contributed by atoms with Gasteiger partial charge in [0.2, 0.25) is 0 Å². The van der Waals surface area contributed by atoms with Crippen molar-refractivity contribution in [2.75, 3.05) is 25.2 Å². The average Bonchev–Trinajstić information content (AvgIpc) is 2.59. The fraction of sp³-hybridized carbons (Fsp3) is 0.350. The summed E-state index contributed by atoms with van der Waals surface area (Å²) in [5.74, 6) is 0.884. The standard InChI is InChI=1S/C20H22N2O2/c1-14-19(5-4-6-20(14)23-3)22-9-10-24-15(2)18-8-7-16(12-21)11-17(18)13-22/h4-8,11,15H,9-10,13H2,1-3H3. The molecule has 124 valence electrons. The van der Waals surface area contributed by atoms with Gasteiger partial charge in [-0.1, -0.05) is 12.1 Å². The van der Waals surface area contributed by atoms with Gasteiger partial charge in [-0.3, -0.25) is 0 Å². The number of fused-ring (bicyclic) bond motifs is 1. The number of rotatable bonds is 2. The zero-order valence-corrected chi connectivity index (χ0v) is 14.4. The Labute approximate surface area is 143 Å². The fourth-order valence-corrected chi connectivity index (χ4v) is 3.30. The molecule has 3 rings (SSSR count). The smallest absolute Gasteiger partial charge is 0.123 e. The summed E-state index contributed by atoms with van der Waals surface area (Å²) in [6.07, 6.45) is 0.0429. The first kappa shape index (κ1) is 16.4. The Hall–Kier alpha value is -2.51. The van der Waals surface area contributed by atoms with Crippen LogP contribution < -0.4 is 9.64 Å². The molecule has 0 amide bonds. The highest BCUT2D eigenvalue weighted by atomic mass is 16.5. The summed E-state index contributed by atoms with van der Waals surface area (Å²) >= 11 is 0. The molecule has 1 aliphatic rings. The van der Waals surface area contributed by atoms with E-state index in [1.54, 1.807) is 7.11 Å². The van der Waals surface area contributed by atoms with E-state index >= 15 is 0 Å². The van der Waals surface area contributed by atoms with Crippen LogP contribution in [0.1, 0.15) is 35.3 Å². The van der Waals surface area contributed by atoms with Crippen molar-refractivity contribution in [3.63, 3.8) is 0 Å². The Bertz CT molecular complexity index is 780. The molecule has 0 radical (unpaired) electrons. The van der Waals surface area contributed by atoms with Crippen molar-refractivity contribution in [3.05, 3.63) is 58.7 Å². The molecule has 2 aromatic rings. The summed E-state index contributed by atoms with van der Waals surface area (Å²) < 4.78 is 11.4. The number of hydrogen-bond acceptors (Lipinski definition) is 4. The zero-order valence-electron chi connectivity index (χ0n) is 14.4. The maximum absolute atomic E-state index is 9.21. The molecule has 1 atom stereocenters. The number of ether oxygens (including phenoxy) is 2. The molecular formula is C20H22N2O2. The molecule has 2 aromatic carbocycles. The largest absolute Gasteiger partial charge is 0.496 e. The second-order valence-corrected chi connectivity index (χ2v) is 6.06. The van der Waals surface area contributed by atoms with Crippen molar-refractivity contribution in [1.29, 1.82) is 5.26 Å². The lowest BCUT2D eigenvalue weighted by atomic mass is 9.99. The van der Waals surface area contributed by atoms with E-state index in [0.29, 0.717) is 12.2 Å². The highest BCUT2D eigenvalue weighted by Crippen LogP contribution is 2.32. The van der Waals surface area contributed by atoms with Gasteiger partial charge in [0, 0.05) is 24.3 Å². The Morgan fingerprint density at radius 1 is 1.29 bits per heavy atom. The first-order chi connectivity index (χ1) is 11.6. The lowest BCUT2D eigenvalue weighted by Gasteiger charge is -2.32. The summed E-state index contributed by atoms with van der Waals surface area (Å²) in [4.78, 5) is 2.30.